The Morgan fingerprint density at radius 3 is 2.85 bits per heavy atom. The van der Waals surface area contributed by atoms with E-state index < -0.39 is 4.92 Å². The summed E-state index contributed by atoms with van der Waals surface area (Å²) in [6.45, 7) is 4.74. The number of benzene rings is 1. The quantitative estimate of drug-likeness (QED) is 0.398. The van der Waals surface area contributed by atoms with E-state index >= 15 is 0 Å². The summed E-state index contributed by atoms with van der Waals surface area (Å²) in [5.41, 5.74) is 1.09. The van der Waals surface area contributed by atoms with Crippen molar-refractivity contribution in [2.75, 3.05) is 25.6 Å². The highest BCUT2D eigenvalue weighted by atomic mass is 16.6. The number of methoxy groups -OCH3 is 1. The van der Waals surface area contributed by atoms with Crippen LogP contribution in [0.4, 0.5) is 11.4 Å². The van der Waals surface area contributed by atoms with E-state index in [2.05, 4.69) is 5.32 Å². The van der Waals surface area contributed by atoms with E-state index in [4.69, 9.17) is 14.2 Å². The van der Waals surface area contributed by atoms with E-state index in [0.29, 0.717) is 37.3 Å². The fraction of sp³-hybridized carbons (Fsp3) is 0.632. The predicted octanol–water partition coefficient (Wildman–Crippen LogP) is 3.47. The van der Waals surface area contributed by atoms with Crippen LogP contribution < -0.4 is 10.1 Å². The molecular weight excluding hydrogens is 352 g/mol. The van der Waals surface area contributed by atoms with Crippen LogP contribution in [0, 0.1) is 10.1 Å². The summed E-state index contributed by atoms with van der Waals surface area (Å²) in [5, 5.41) is 15.0. The fourth-order valence-corrected chi connectivity index (χ4v) is 3.34. The van der Waals surface area contributed by atoms with Gasteiger partial charge in [0.25, 0.3) is 0 Å². The number of hydrogen-bond acceptors (Lipinski definition) is 7. The van der Waals surface area contributed by atoms with Gasteiger partial charge in [-0.25, -0.2) is 0 Å². The summed E-state index contributed by atoms with van der Waals surface area (Å²) in [7, 11) is 1.43. The smallest absolute Gasteiger partial charge is 0.334 e. The van der Waals surface area contributed by atoms with Gasteiger partial charge in [0.05, 0.1) is 24.7 Å². The Bertz CT molecular complexity index is 664. The van der Waals surface area contributed by atoms with Crippen LogP contribution >= 0.6 is 0 Å². The van der Waals surface area contributed by atoms with Gasteiger partial charge in [0, 0.05) is 24.6 Å². The SMILES string of the molecule is CCOC(=O)CCCc1ccc(NC2CCOC(C)C2)c([N+](=O)[O-])c1OC. The first-order valence-corrected chi connectivity index (χ1v) is 9.34. The summed E-state index contributed by atoms with van der Waals surface area (Å²) in [4.78, 5) is 22.8. The maximum absolute atomic E-state index is 11.7. The molecule has 0 aromatic heterocycles. The van der Waals surface area contributed by atoms with E-state index in [-0.39, 0.29) is 36.0 Å². The van der Waals surface area contributed by atoms with Gasteiger partial charge >= 0.3 is 11.7 Å². The van der Waals surface area contributed by atoms with Crippen molar-refractivity contribution < 1.29 is 23.9 Å². The molecule has 0 bridgehead atoms. The zero-order valence-corrected chi connectivity index (χ0v) is 16.2. The molecule has 27 heavy (non-hydrogen) atoms. The Labute approximate surface area is 159 Å². The first-order valence-electron chi connectivity index (χ1n) is 9.34. The molecule has 1 fully saturated rings. The van der Waals surface area contributed by atoms with Gasteiger partial charge in [-0.2, -0.15) is 0 Å². The molecule has 1 heterocycles. The lowest BCUT2D eigenvalue weighted by molar-refractivity contribution is -0.384. The zero-order valence-electron chi connectivity index (χ0n) is 16.2. The number of nitro benzene ring substituents is 1. The molecule has 2 unspecified atom stereocenters. The topological polar surface area (TPSA) is 99.9 Å². The Hall–Kier alpha value is -2.35. The maximum Gasteiger partial charge on any atom is 0.334 e. The number of carbonyl (C=O) groups excluding carboxylic acids is 1. The van der Waals surface area contributed by atoms with Crippen LogP contribution in [-0.2, 0) is 20.7 Å². The Balaban J connectivity index is 2.16. The number of carbonyl (C=O) groups is 1. The van der Waals surface area contributed by atoms with Crippen LogP contribution in [0.2, 0.25) is 0 Å². The molecule has 150 valence electrons. The van der Waals surface area contributed by atoms with Crippen molar-refractivity contribution in [3.8, 4) is 5.75 Å². The van der Waals surface area contributed by atoms with Crippen LogP contribution in [0.3, 0.4) is 0 Å². The number of rotatable bonds is 9. The van der Waals surface area contributed by atoms with Gasteiger partial charge in [-0.05, 0) is 45.6 Å². The normalized spacial score (nSPS) is 19.4. The van der Waals surface area contributed by atoms with E-state index in [1.165, 1.54) is 7.11 Å². The van der Waals surface area contributed by atoms with Crippen molar-refractivity contribution in [1.29, 1.82) is 0 Å². The maximum atomic E-state index is 11.7. The largest absolute Gasteiger partial charge is 0.490 e. The molecule has 1 saturated heterocycles. The number of anilines is 1. The second-order valence-electron chi connectivity index (χ2n) is 6.62. The summed E-state index contributed by atoms with van der Waals surface area (Å²) < 4.78 is 15.8. The molecule has 1 aliphatic rings. The Morgan fingerprint density at radius 1 is 1.44 bits per heavy atom. The molecule has 1 aromatic rings. The van der Waals surface area contributed by atoms with Crippen LogP contribution in [0.5, 0.6) is 5.75 Å². The molecule has 1 aromatic carbocycles. The minimum absolute atomic E-state index is 0.0646. The van der Waals surface area contributed by atoms with Gasteiger partial charge < -0.3 is 19.5 Å². The van der Waals surface area contributed by atoms with Gasteiger partial charge in [0.1, 0.15) is 5.69 Å². The highest BCUT2D eigenvalue weighted by molar-refractivity contribution is 5.72. The number of nitrogens with zero attached hydrogens (tertiary/aromatic N) is 1. The number of aryl methyl sites for hydroxylation is 1. The van der Waals surface area contributed by atoms with E-state index in [0.717, 1.165) is 12.8 Å². The average Bonchev–Trinajstić information content (AvgIpc) is 2.62. The highest BCUT2D eigenvalue weighted by Crippen LogP contribution is 2.39. The molecule has 8 heteroatoms. The van der Waals surface area contributed by atoms with Gasteiger partial charge in [-0.1, -0.05) is 6.07 Å². The van der Waals surface area contributed by atoms with Crippen LogP contribution in [0.1, 0.15) is 45.1 Å². The van der Waals surface area contributed by atoms with Crippen molar-refractivity contribution >= 4 is 17.3 Å². The Morgan fingerprint density at radius 2 is 2.22 bits per heavy atom. The lowest BCUT2D eigenvalue weighted by Crippen LogP contribution is -2.32. The molecule has 2 rings (SSSR count). The number of ether oxygens (including phenoxy) is 3. The van der Waals surface area contributed by atoms with Crippen molar-refractivity contribution in [1.82, 2.24) is 0 Å². The minimum atomic E-state index is -0.418. The van der Waals surface area contributed by atoms with Crippen LogP contribution in [0.25, 0.3) is 0 Å². The summed E-state index contributed by atoms with van der Waals surface area (Å²) in [6, 6.07) is 3.66. The van der Waals surface area contributed by atoms with Crippen LogP contribution in [0.15, 0.2) is 12.1 Å². The third-order valence-electron chi connectivity index (χ3n) is 4.58. The fourth-order valence-electron chi connectivity index (χ4n) is 3.34. The molecular formula is C19H28N2O6. The van der Waals surface area contributed by atoms with Gasteiger partial charge in [-0.15, -0.1) is 0 Å². The standard InChI is InChI=1S/C19H28N2O6/c1-4-26-17(22)7-5-6-14-8-9-16(18(21(23)24)19(14)25-3)20-15-10-11-27-13(2)12-15/h8-9,13,15,20H,4-7,10-12H2,1-3H3. The molecule has 1 N–H and O–H groups in total. The molecule has 1 aliphatic heterocycles. The van der Waals surface area contributed by atoms with Crippen molar-refractivity contribution in [3.05, 3.63) is 27.8 Å². The number of esters is 1. The molecule has 0 saturated carbocycles. The number of nitrogens with one attached hydrogen (secondary N) is 1. The third-order valence-corrected chi connectivity index (χ3v) is 4.58. The predicted molar refractivity (Wildman–Crippen MR) is 101 cm³/mol. The Kier molecular flexibility index (Phi) is 7.84. The molecule has 0 spiro atoms. The second-order valence-corrected chi connectivity index (χ2v) is 6.62. The summed E-state index contributed by atoms with van der Waals surface area (Å²) in [6.07, 6.45) is 3.02. The zero-order chi connectivity index (χ0) is 19.8. The first kappa shape index (κ1) is 21.0. The van der Waals surface area contributed by atoms with Gasteiger partial charge in [0.15, 0.2) is 0 Å². The van der Waals surface area contributed by atoms with E-state index in [1.807, 2.05) is 13.0 Å². The number of hydrogen-bond donors (Lipinski definition) is 1. The third kappa shape index (κ3) is 5.82. The lowest BCUT2D eigenvalue weighted by Gasteiger charge is -2.28. The summed E-state index contributed by atoms with van der Waals surface area (Å²) in [5.74, 6) is -0.0214. The average molecular weight is 380 g/mol. The van der Waals surface area contributed by atoms with Crippen molar-refractivity contribution in [2.45, 2.75) is 58.1 Å². The molecule has 8 nitrogen and oxygen atoms in total. The molecule has 2 atom stereocenters. The lowest BCUT2D eigenvalue weighted by atomic mass is 10.0. The van der Waals surface area contributed by atoms with E-state index in [9.17, 15) is 14.9 Å². The number of nitro groups is 1. The first-order chi connectivity index (χ1) is 13.0. The second kappa shape index (κ2) is 10.1. The van der Waals surface area contributed by atoms with Gasteiger partial charge in [0.2, 0.25) is 5.75 Å². The molecule has 0 aliphatic carbocycles. The van der Waals surface area contributed by atoms with Crippen molar-refractivity contribution in [2.24, 2.45) is 0 Å². The van der Waals surface area contributed by atoms with Crippen LogP contribution in [-0.4, -0.2) is 43.4 Å². The highest BCUT2D eigenvalue weighted by Gasteiger charge is 2.27. The van der Waals surface area contributed by atoms with Crippen molar-refractivity contribution in [3.63, 3.8) is 0 Å². The monoisotopic (exact) mass is 380 g/mol. The molecule has 0 amide bonds. The summed E-state index contributed by atoms with van der Waals surface area (Å²) >= 11 is 0. The molecule has 0 radical (unpaired) electrons. The van der Waals surface area contributed by atoms with Gasteiger partial charge in [-0.3, -0.25) is 14.9 Å². The van der Waals surface area contributed by atoms with E-state index in [1.54, 1.807) is 13.0 Å². The minimum Gasteiger partial charge on any atom is -0.490 e.